The molecule has 5 rings (SSSR count). The highest BCUT2D eigenvalue weighted by Crippen LogP contribution is 2.29. The van der Waals surface area contributed by atoms with Gasteiger partial charge in [-0.2, -0.15) is 9.78 Å². The Kier molecular flexibility index (Phi) is 6.88. The number of benzene rings is 3. The van der Waals surface area contributed by atoms with E-state index in [0.717, 1.165) is 19.0 Å². The highest BCUT2D eigenvalue weighted by atomic mass is 127. The summed E-state index contributed by atoms with van der Waals surface area (Å²) in [5.41, 5.74) is 1.63. The van der Waals surface area contributed by atoms with Crippen molar-refractivity contribution >= 4 is 72.6 Å². The molecule has 0 aliphatic heterocycles. The van der Waals surface area contributed by atoms with Gasteiger partial charge in [0.15, 0.2) is 12.4 Å². The monoisotopic (exact) mass is 657 g/mol. The summed E-state index contributed by atoms with van der Waals surface area (Å²) in [4.78, 5) is 29.5. The van der Waals surface area contributed by atoms with E-state index in [1.807, 2.05) is 36.4 Å². The molecule has 0 aliphatic carbocycles. The maximum absolute atomic E-state index is 13.4. The minimum atomic E-state index is -0.468. The number of carbonyl (C=O) groups excluding carboxylic acids is 1. The van der Waals surface area contributed by atoms with Gasteiger partial charge in [-0.15, -0.1) is 0 Å². The molecule has 180 valence electrons. The second kappa shape index (κ2) is 10.2. The fourth-order valence-electron chi connectivity index (χ4n) is 3.55. The quantitative estimate of drug-likeness (QED) is 0.134. The zero-order chi connectivity index (χ0) is 25.2. The second-order valence-electron chi connectivity index (χ2n) is 7.66. The number of hydrogen-bond donors (Lipinski definition) is 0. The molecule has 0 saturated heterocycles. The first-order valence-corrected chi connectivity index (χ1v) is 12.5. The summed E-state index contributed by atoms with van der Waals surface area (Å²) in [5.74, 6) is 0.779. The molecule has 8 nitrogen and oxygen atoms in total. The van der Waals surface area contributed by atoms with E-state index in [1.54, 1.807) is 36.5 Å². The van der Waals surface area contributed by atoms with Gasteiger partial charge in [0.2, 0.25) is 5.82 Å². The van der Waals surface area contributed by atoms with Crippen LogP contribution in [0.4, 0.5) is 0 Å². The average molecular weight is 658 g/mol. The van der Waals surface area contributed by atoms with Gasteiger partial charge in [-0.1, -0.05) is 28.1 Å². The van der Waals surface area contributed by atoms with Crippen molar-refractivity contribution in [3.63, 3.8) is 0 Å². The molecule has 0 N–H and O–H groups in total. The molecule has 3 aromatic carbocycles. The average Bonchev–Trinajstić information content (AvgIpc) is 3.30. The first-order chi connectivity index (χ1) is 17.4. The molecule has 36 heavy (non-hydrogen) atoms. The van der Waals surface area contributed by atoms with Crippen molar-refractivity contribution in [1.82, 2.24) is 9.66 Å². The minimum Gasteiger partial charge on any atom is -0.481 e. The summed E-state index contributed by atoms with van der Waals surface area (Å²) in [6.45, 7) is -0.185. The first-order valence-electron chi connectivity index (χ1n) is 10.7. The van der Waals surface area contributed by atoms with Crippen molar-refractivity contribution in [2.24, 2.45) is 5.10 Å². The largest absolute Gasteiger partial charge is 0.481 e. The number of aromatic nitrogens is 2. The molecular formula is C26H17BrIN3O5. The number of rotatable bonds is 6. The Labute approximate surface area is 226 Å². The molecule has 0 unspecified atom stereocenters. The minimum absolute atomic E-state index is 0.185. The Morgan fingerprint density at radius 3 is 2.81 bits per heavy atom. The second-order valence-corrected chi connectivity index (χ2v) is 9.74. The third kappa shape index (κ3) is 4.91. The van der Waals surface area contributed by atoms with E-state index in [4.69, 9.17) is 14.1 Å². The van der Waals surface area contributed by atoms with E-state index in [9.17, 15) is 9.59 Å². The van der Waals surface area contributed by atoms with Gasteiger partial charge in [-0.05, 0) is 82.8 Å². The van der Waals surface area contributed by atoms with Crippen LogP contribution in [0, 0.1) is 3.57 Å². The standard InChI is InChI=1S/C26H17BrIN3O5/c1-34-24(32)14-35-22-8-6-15(10-19(22)28)13-29-31-25(30-20-5-3-2-4-18(20)26(31)33)23-12-16-11-17(27)7-9-21(16)36-23/h2-13H,14H2,1H3. The van der Waals surface area contributed by atoms with Crippen molar-refractivity contribution in [3.8, 4) is 17.3 Å². The zero-order valence-electron chi connectivity index (χ0n) is 18.8. The van der Waals surface area contributed by atoms with Crippen molar-refractivity contribution in [1.29, 1.82) is 0 Å². The van der Waals surface area contributed by atoms with Crippen molar-refractivity contribution < 1.29 is 18.7 Å². The number of furan rings is 1. The van der Waals surface area contributed by atoms with Crippen LogP contribution in [0.25, 0.3) is 33.5 Å². The van der Waals surface area contributed by atoms with Gasteiger partial charge >= 0.3 is 5.97 Å². The molecule has 10 heteroatoms. The Hall–Kier alpha value is -3.51. The Balaban J connectivity index is 1.57. The summed E-state index contributed by atoms with van der Waals surface area (Å²) in [6.07, 6.45) is 1.56. The zero-order valence-corrected chi connectivity index (χ0v) is 22.5. The number of fused-ring (bicyclic) bond motifs is 2. The third-order valence-corrected chi connectivity index (χ3v) is 6.64. The molecule has 0 bridgehead atoms. The van der Waals surface area contributed by atoms with Crippen LogP contribution >= 0.6 is 38.5 Å². The van der Waals surface area contributed by atoms with Gasteiger partial charge in [0.05, 0.1) is 27.8 Å². The Morgan fingerprint density at radius 1 is 1.17 bits per heavy atom. The van der Waals surface area contributed by atoms with Gasteiger partial charge in [0, 0.05) is 9.86 Å². The van der Waals surface area contributed by atoms with E-state index in [1.165, 1.54) is 11.8 Å². The Morgan fingerprint density at radius 2 is 2.00 bits per heavy atom. The van der Waals surface area contributed by atoms with Crippen LogP contribution in [-0.4, -0.2) is 35.6 Å². The molecule has 0 aliphatic rings. The fraction of sp³-hybridized carbons (Fsp3) is 0.0769. The summed E-state index contributed by atoms with van der Waals surface area (Å²) < 4.78 is 19.0. The molecule has 0 radical (unpaired) electrons. The maximum Gasteiger partial charge on any atom is 0.343 e. The van der Waals surface area contributed by atoms with Crippen LogP contribution in [0.3, 0.4) is 0 Å². The van der Waals surface area contributed by atoms with Gasteiger partial charge in [0.1, 0.15) is 11.3 Å². The van der Waals surface area contributed by atoms with Gasteiger partial charge in [-0.25, -0.2) is 9.78 Å². The number of ether oxygens (including phenoxy) is 2. The van der Waals surface area contributed by atoms with E-state index in [2.05, 4.69) is 48.4 Å². The Bertz CT molecular complexity index is 1710. The molecular weight excluding hydrogens is 641 g/mol. The maximum atomic E-state index is 13.4. The van der Waals surface area contributed by atoms with Crippen LogP contribution in [0.15, 0.2) is 85.5 Å². The van der Waals surface area contributed by atoms with Crippen LogP contribution in [0.2, 0.25) is 0 Å². The van der Waals surface area contributed by atoms with E-state index >= 15 is 0 Å². The van der Waals surface area contributed by atoms with Crippen LogP contribution in [-0.2, 0) is 9.53 Å². The lowest BCUT2D eigenvalue weighted by atomic mass is 10.2. The van der Waals surface area contributed by atoms with Gasteiger partial charge in [0.25, 0.3) is 5.56 Å². The SMILES string of the molecule is COC(=O)COc1ccc(C=Nn2c(-c3cc4cc(Br)ccc4o3)nc3ccccc3c2=O)cc1I. The first kappa shape index (κ1) is 24.2. The number of carbonyl (C=O) groups is 1. The van der Waals surface area contributed by atoms with Gasteiger partial charge in [-0.3, -0.25) is 4.79 Å². The number of hydrogen-bond acceptors (Lipinski definition) is 7. The van der Waals surface area contributed by atoms with E-state index in [0.29, 0.717) is 28.0 Å². The fourth-order valence-corrected chi connectivity index (χ4v) is 4.62. The lowest BCUT2D eigenvalue weighted by molar-refractivity contribution is -0.142. The normalized spacial score (nSPS) is 11.4. The van der Waals surface area contributed by atoms with Crippen LogP contribution in [0.1, 0.15) is 5.56 Å². The molecule has 2 heterocycles. The predicted molar refractivity (Wildman–Crippen MR) is 149 cm³/mol. The van der Waals surface area contributed by atoms with Crippen molar-refractivity contribution in [3.05, 3.63) is 90.7 Å². The topological polar surface area (TPSA) is 95.9 Å². The molecule has 0 amide bonds. The molecule has 0 atom stereocenters. The smallest absolute Gasteiger partial charge is 0.343 e. The highest BCUT2D eigenvalue weighted by molar-refractivity contribution is 14.1. The molecule has 0 fully saturated rings. The molecule has 5 aromatic rings. The third-order valence-electron chi connectivity index (χ3n) is 5.30. The van der Waals surface area contributed by atoms with E-state index < -0.39 is 5.97 Å². The van der Waals surface area contributed by atoms with Gasteiger partial charge < -0.3 is 13.9 Å². The number of para-hydroxylation sites is 1. The summed E-state index contributed by atoms with van der Waals surface area (Å²) in [6, 6.07) is 19.9. The molecule has 0 saturated carbocycles. The molecule has 2 aromatic heterocycles. The summed E-state index contributed by atoms with van der Waals surface area (Å²) in [5, 5.41) is 5.79. The number of nitrogens with zero attached hydrogens (tertiary/aromatic N) is 3. The lowest BCUT2D eigenvalue weighted by Crippen LogP contribution is -2.20. The predicted octanol–water partition coefficient (Wildman–Crippen LogP) is 5.61. The van der Waals surface area contributed by atoms with Crippen molar-refractivity contribution in [2.75, 3.05) is 13.7 Å². The number of esters is 1. The van der Waals surface area contributed by atoms with Crippen LogP contribution in [0.5, 0.6) is 5.75 Å². The molecule has 0 spiro atoms. The highest BCUT2D eigenvalue weighted by Gasteiger charge is 2.16. The number of halogens is 2. The lowest BCUT2D eigenvalue weighted by Gasteiger charge is -2.08. The van der Waals surface area contributed by atoms with Crippen LogP contribution < -0.4 is 10.3 Å². The number of methoxy groups -OCH3 is 1. The van der Waals surface area contributed by atoms with E-state index in [-0.39, 0.29) is 18.0 Å². The summed E-state index contributed by atoms with van der Waals surface area (Å²) >= 11 is 5.58. The van der Waals surface area contributed by atoms with Crippen molar-refractivity contribution in [2.45, 2.75) is 0 Å². The summed E-state index contributed by atoms with van der Waals surface area (Å²) in [7, 11) is 1.30.